The molecule has 166 valence electrons. The van der Waals surface area contributed by atoms with Crippen LogP contribution in [0.1, 0.15) is 116 Å². The normalized spacial score (nSPS) is 11.6. The largest absolute Gasteiger partial charge is 1.00 e. The summed E-state index contributed by atoms with van der Waals surface area (Å²) >= 11 is 0. The number of unbranched alkanes of at least 4 members (excludes halogenated alkanes) is 15. The maximum absolute atomic E-state index is 5.74. The minimum Gasteiger partial charge on any atom is -1.00 e. The minimum absolute atomic E-state index is 0. The van der Waals surface area contributed by atoms with Crippen LogP contribution in [0, 0.1) is 0 Å². The Kier molecular flexibility index (Phi) is 24.9. The summed E-state index contributed by atoms with van der Waals surface area (Å²) in [5.41, 5.74) is 0. The van der Waals surface area contributed by atoms with E-state index in [-0.39, 0.29) is 17.0 Å². The van der Waals surface area contributed by atoms with Crippen LogP contribution < -0.4 is 17.0 Å². The van der Waals surface area contributed by atoms with Crippen molar-refractivity contribution in [2.75, 3.05) is 40.9 Å². The van der Waals surface area contributed by atoms with Crippen molar-refractivity contribution >= 4 is 0 Å². The average Bonchev–Trinajstić information content (AvgIpc) is 2.59. The van der Waals surface area contributed by atoms with Gasteiger partial charge in [0, 0.05) is 13.0 Å². The lowest BCUT2D eigenvalue weighted by Gasteiger charge is -2.23. The molecule has 0 bridgehead atoms. The van der Waals surface area contributed by atoms with Gasteiger partial charge in [-0.15, -0.1) is 0 Å². The summed E-state index contributed by atoms with van der Waals surface area (Å²) in [6, 6.07) is 0. The number of quaternary nitrogens is 1. The van der Waals surface area contributed by atoms with Crippen LogP contribution in [0.25, 0.3) is 0 Å². The second-order valence-electron chi connectivity index (χ2n) is 9.28. The van der Waals surface area contributed by atoms with Gasteiger partial charge in [0.2, 0.25) is 0 Å². The SMILES string of the molecule is CCCCCCCCCCCCCCCCCCOCCC[N+](C)(C)C.[Br-]. The molecule has 3 heteroatoms. The maximum atomic E-state index is 5.74. The number of rotatable bonds is 21. The summed E-state index contributed by atoms with van der Waals surface area (Å²) in [5, 5.41) is 0. The zero-order valence-corrected chi connectivity index (χ0v) is 21.0. The van der Waals surface area contributed by atoms with E-state index >= 15 is 0 Å². The molecule has 0 saturated heterocycles. The zero-order chi connectivity index (χ0) is 19.3. The van der Waals surface area contributed by atoms with Crippen molar-refractivity contribution in [3.8, 4) is 0 Å². The smallest absolute Gasteiger partial charge is 0.0802 e. The van der Waals surface area contributed by atoms with Gasteiger partial charge in [0.1, 0.15) is 0 Å². The molecular formula is C24H52BrNO. The fourth-order valence-corrected chi connectivity index (χ4v) is 3.50. The molecular weight excluding hydrogens is 398 g/mol. The van der Waals surface area contributed by atoms with E-state index in [2.05, 4.69) is 28.1 Å². The summed E-state index contributed by atoms with van der Waals surface area (Å²) in [6.07, 6.45) is 24.1. The molecule has 0 spiro atoms. The number of hydrogen-bond acceptors (Lipinski definition) is 1. The molecule has 0 atom stereocenters. The molecule has 0 aliphatic carbocycles. The number of ether oxygens (including phenoxy) is 1. The van der Waals surface area contributed by atoms with Gasteiger partial charge in [0.05, 0.1) is 34.3 Å². The van der Waals surface area contributed by atoms with E-state index in [1.165, 1.54) is 116 Å². The molecule has 0 fully saturated rings. The van der Waals surface area contributed by atoms with Crippen molar-refractivity contribution in [2.24, 2.45) is 0 Å². The molecule has 0 aromatic rings. The van der Waals surface area contributed by atoms with E-state index in [4.69, 9.17) is 4.74 Å². The van der Waals surface area contributed by atoms with Crippen LogP contribution in [0.3, 0.4) is 0 Å². The fraction of sp³-hybridized carbons (Fsp3) is 1.00. The summed E-state index contributed by atoms with van der Waals surface area (Å²) in [7, 11) is 6.74. The van der Waals surface area contributed by atoms with Crippen LogP contribution in [0.2, 0.25) is 0 Å². The Labute approximate surface area is 183 Å². The zero-order valence-electron chi connectivity index (χ0n) is 19.4. The predicted octanol–water partition coefficient (Wildman–Crippen LogP) is 4.36. The molecule has 0 aromatic carbocycles. The van der Waals surface area contributed by atoms with Crippen LogP contribution in [-0.2, 0) is 4.74 Å². The Hall–Kier alpha value is 0.400. The summed E-state index contributed by atoms with van der Waals surface area (Å²) in [4.78, 5) is 0. The van der Waals surface area contributed by atoms with E-state index in [1.54, 1.807) is 0 Å². The number of nitrogens with zero attached hydrogens (tertiary/aromatic N) is 1. The van der Waals surface area contributed by atoms with Gasteiger partial charge in [-0.2, -0.15) is 0 Å². The molecule has 27 heavy (non-hydrogen) atoms. The molecule has 0 saturated carbocycles. The second-order valence-corrected chi connectivity index (χ2v) is 9.28. The topological polar surface area (TPSA) is 9.23 Å². The molecule has 0 amide bonds. The van der Waals surface area contributed by atoms with Crippen LogP contribution in [0.15, 0.2) is 0 Å². The first-order valence-electron chi connectivity index (χ1n) is 11.9. The highest BCUT2D eigenvalue weighted by molar-refractivity contribution is 4.50. The van der Waals surface area contributed by atoms with Crippen LogP contribution in [-0.4, -0.2) is 45.4 Å². The third-order valence-electron chi connectivity index (χ3n) is 5.26. The highest BCUT2D eigenvalue weighted by Crippen LogP contribution is 2.13. The van der Waals surface area contributed by atoms with Gasteiger partial charge in [-0.25, -0.2) is 0 Å². The molecule has 0 rings (SSSR count). The third kappa shape index (κ3) is 28.7. The van der Waals surface area contributed by atoms with Gasteiger partial charge in [0.25, 0.3) is 0 Å². The summed E-state index contributed by atoms with van der Waals surface area (Å²) in [5.74, 6) is 0. The van der Waals surface area contributed by atoms with Gasteiger partial charge < -0.3 is 26.2 Å². The quantitative estimate of drug-likeness (QED) is 0.186. The van der Waals surface area contributed by atoms with Crippen LogP contribution in [0.4, 0.5) is 0 Å². The van der Waals surface area contributed by atoms with E-state index in [0.717, 1.165) is 17.7 Å². The highest BCUT2D eigenvalue weighted by Gasteiger charge is 2.05. The monoisotopic (exact) mass is 449 g/mol. The van der Waals surface area contributed by atoms with E-state index in [0.29, 0.717) is 0 Å². The predicted molar refractivity (Wildman–Crippen MR) is 118 cm³/mol. The van der Waals surface area contributed by atoms with Gasteiger partial charge in [-0.1, -0.05) is 103 Å². The van der Waals surface area contributed by atoms with Crippen LogP contribution in [0.5, 0.6) is 0 Å². The first kappa shape index (κ1) is 29.6. The van der Waals surface area contributed by atoms with Crippen LogP contribution >= 0.6 is 0 Å². The highest BCUT2D eigenvalue weighted by atomic mass is 79.9. The van der Waals surface area contributed by atoms with E-state index in [1.807, 2.05) is 0 Å². The molecule has 0 heterocycles. The molecule has 0 aromatic heterocycles. The Morgan fingerprint density at radius 2 is 0.815 bits per heavy atom. The number of hydrogen-bond donors (Lipinski definition) is 0. The molecule has 0 unspecified atom stereocenters. The fourth-order valence-electron chi connectivity index (χ4n) is 3.50. The summed E-state index contributed by atoms with van der Waals surface area (Å²) < 4.78 is 6.78. The van der Waals surface area contributed by atoms with Gasteiger partial charge in [0.15, 0.2) is 0 Å². The maximum Gasteiger partial charge on any atom is 0.0802 e. The third-order valence-corrected chi connectivity index (χ3v) is 5.26. The number of halogens is 1. The Bertz CT molecular complexity index is 266. The summed E-state index contributed by atoms with van der Waals surface area (Å²) in [6.45, 7) is 5.41. The lowest BCUT2D eigenvalue weighted by molar-refractivity contribution is -0.870. The molecule has 0 aliphatic rings. The van der Waals surface area contributed by atoms with Crippen molar-refractivity contribution < 1.29 is 26.2 Å². The molecule has 2 nitrogen and oxygen atoms in total. The van der Waals surface area contributed by atoms with Gasteiger partial charge in [-0.05, 0) is 6.42 Å². The lowest BCUT2D eigenvalue weighted by atomic mass is 10.0. The Balaban J connectivity index is 0. The molecule has 0 N–H and O–H groups in total. The van der Waals surface area contributed by atoms with Crippen molar-refractivity contribution in [3.63, 3.8) is 0 Å². The first-order chi connectivity index (χ1) is 12.6. The first-order valence-corrected chi connectivity index (χ1v) is 11.9. The van der Waals surface area contributed by atoms with Crippen molar-refractivity contribution in [1.82, 2.24) is 0 Å². The van der Waals surface area contributed by atoms with Gasteiger partial charge in [-0.3, -0.25) is 0 Å². The second kappa shape index (κ2) is 22.7. The van der Waals surface area contributed by atoms with Crippen molar-refractivity contribution in [1.29, 1.82) is 0 Å². The van der Waals surface area contributed by atoms with Crippen molar-refractivity contribution in [2.45, 2.75) is 116 Å². The standard InChI is InChI=1S/C24H52NO.BrH/c1-5-6-7-8-9-10-11-12-13-14-15-16-17-18-19-20-23-26-24-21-22-25(2,3)4;/h5-24H2,1-4H3;1H/q+1;/p-1. The van der Waals surface area contributed by atoms with Crippen molar-refractivity contribution in [3.05, 3.63) is 0 Å². The molecule has 0 aliphatic heterocycles. The minimum atomic E-state index is 0. The Morgan fingerprint density at radius 1 is 0.481 bits per heavy atom. The van der Waals surface area contributed by atoms with Gasteiger partial charge >= 0.3 is 0 Å². The Morgan fingerprint density at radius 3 is 1.19 bits per heavy atom. The van der Waals surface area contributed by atoms with E-state index < -0.39 is 0 Å². The average molecular weight is 451 g/mol. The van der Waals surface area contributed by atoms with E-state index in [9.17, 15) is 0 Å². The molecule has 0 radical (unpaired) electrons. The lowest BCUT2D eigenvalue weighted by Crippen LogP contribution is -3.00.